The molecule has 0 saturated heterocycles. The number of ether oxygens (including phenoxy) is 1. The van der Waals surface area contributed by atoms with E-state index in [0.29, 0.717) is 22.4 Å². The van der Waals surface area contributed by atoms with Gasteiger partial charge in [-0.25, -0.2) is 9.78 Å². The van der Waals surface area contributed by atoms with Crippen molar-refractivity contribution in [3.05, 3.63) is 56.0 Å². The lowest BCUT2D eigenvalue weighted by atomic mass is 10.1. The van der Waals surface area contributed by atoms with E-state index in [1.807, 2.05) is 12.1 Å². The van der Waals surface area contributed by atoms with Crippen LogP contribution in [-0.2, 0) is 4.74 Å². The predicted octanol–water partition coefficient (Wildman–Crippen LogP) is 1.94. The molecule has 2 aromatic heterocycles. The topological polar surface area (TPSA) is 113 Å². The average molecular weight is 436 g/mol. The van der Waals surface area contributed by atoms with Crippen LogP contribution in [0.4, 0.5) is 11.5 Å². The summed E-state index contributed by atoms with van der Waals surface area (Å²) < 4.78 is 7.01. The monoisotopic (exact) mass is 436 g/mol. The standard InChI is InChI=1S/C16H13IN4O3/c1-24-16(23)13-14(19)10-4-2-8(17)6-11(10)21(15(13)22)9-3-5-12(18)20-7-9/h2-7H,19H2,1H3,(H2,18,20). The van der Waals surface area contributed by atoms with Gasteiger partial charge < -0.3 is 16.2 Å². The number of rotatable bonds is 2. The van der Waals surface area contributed by atoms with Gasteiger partial charge in [0.05, 0.1) is 30.2 Å². The van der Waals surface area contributed by atoms with Crippen LogP contribution in [0.2, 0.25) is 0 Å². The summed E-state index contributed by atoms with van der Waals surface area (Å²) in [6, 6.07) is 8.65. The van der Waals surface area contributed by atoms with E-state index < -0.39 is 11.5 Å². The number of fused-ring (bicyclic) bond motifs is 1. The number of pyridine rings is 2. The van der Waals surface area contributed by atoms with Crippen LogP contribution in [0.3, 0.4) is 0 Å². The van der Waals surface area contributed by atoms with Crippen molar-refractivity contribution in [2.45, 2.75) is 0 Å². The lowest BCUT2D eigenvalue weighted by Gasteiger charge is -2.15. The number of nitrogens with zero attached hydrogens (tertiary/aromatic N) is 2. The van der Waals surface area contributed by atoms with E-state index >= 15 is 0 Å². The fourth-order valence-corrected chi connectivity index (χ4v) is 2.95. The van der Waals surface area contributed by atoms with Crippen LogP contribution in [0.5, 0.6) is 0 Å². The maximum atomic E-state index is 12.9. The highest BCUT2D eigenvalue weighted by molar-refractivity contribution is 14.1. The summed E-state index contributed by atoms with van der Waals surface area (Å²) in [5.41, 5.74) is 12.0. The van der Waals surface area contributed by atoms with Crippen molar-refractivity contribution < 1.29 is 9.53 Å². The molecule has 1 aromatic carbocycles. The molecule has 0 aliphatic rings. The van der Waals surface area contributed by atoms with Crippen molar-refractivity contribution in [3.63, 3.8) is 0 Å². The molecule has 0 unspecified atom stereocenters. The summed E-state index contributed by atoms with van der Waals surface area (Å²) in [6.07, 6.45) is 1.47. The predicted molar refractivity (Wildman–Crippen MR) is 100 cm³/mol. The Hall–Kier alpha value is -2.62. The SMILES string of the molecule is COC(=O)c1c(N)c2ccc(I)cc2n(-c2ccc(N)nc2)c1=O. The molecule has 0 fully saturated rings. The number of aromatic nitrogens is 2. The number of hydrogen-bond donors (Lipinski definition) is 2. The molecule has 7 nitrogen and oxygen atoms in total. The third-order valence-corrected chi connectivity index (χ3v) is 4.27. The van der Waals surface area contributed by atoms with E-state index in [2.05, 4.69) is 27.6 Å². The minimum atomic E-state index is -0.782. The van der Waals surface area contributed by atoms with Crippen LogP contribution >= 0.6 is 22.6 Å². The highest BCUT2D eigenvalue weighted by atomic mass is 127. The Kier molecular flexibility index (Phi) is 4.14. The molecule has 4 N–H and O–H groups in total. The highest BCUT2D eigenvalue weighted by Gasteiger charge is 2.22. The van der Waals surface area contributed by atoms with Crippen LogP contribution in [0.1, 0.15) is 10.4 Å². The zero-order chi connectivity index (χ0) is 17.4. The van der Waals surface area contributed by atoms with Crippen LogP contribution < -0.4 is 17.0 Å². The number of nitrogen functional groups attached to an aromatic ring is 2. The van der Waals surface area contributed by atoms with Gasteiger partial charge in [0.15, 0.2) is 0 Å². The number of nitrogens with two attached hydrogens (primary N) is 2. The molecule has 8 heteroatoms. The van der Waals surface area contributed by atoms with Crippen LogP contribution in [-0.4, -0.2) is 22.6 Å². The smallest absolute Gasteiger partial charge is 0.345 e. The van der Waals surface area contributed by atoms with E-state index in [-0.39, 0.29) is 11.3 Å². The number of halogens is 1. The summed E-state index contributed by atoms with van der Waals surface area (Å²) >= 11 is 2.14. The summed E-state index contributed by atoms with van der Waals surface area (Å²) in [5, 5.41) is 0.576. The molecule has 0 spiro atoms. The van der Waals surface area contributed by atoms with E-state index in [0.717, 1.165) is 3.57 Å². The van der Waals surface area contributed by atoms with Crippen LogP contribution in [0, 0.1) is 3.57 Å². The average Bonchev–Trinajstić information content (AvgIpc) is 2.56. The number of esters is 1. The summed E-state index contributed by atoms with van der Waals surface area (Å²) in [5.74, 6) is -0.454. The second-order valence-corrected chi connectivity index (χ2v) is 6.27. The van der Waals surface area contributed by atoms with E-state index in [1.165, 1.54) is 17.9 Å². The molecule has 0 aliphatic heterocycles. The quantitative estimate of drug-likeness (QED) is 0.469. The van der Waals surface area contributed by atoms with E-state index in [1.54, 1.807) is 18.2 Å². The van der Waals surface area contributed by atoms with Crippen molar-refractivity contribution >= 4 is 51.0 Å². The molecule has 0 saturated carbocycles. The van der Waals surface area contributed by atoms with Gasteiger partial charge in [0.25, 0.3) is 5.56 Å². The molecule has 0 radical (unpaired) electrons. The zero-order valence-corrected chi connectivity index (χ0v) is 14.8. The molecular formula is C16H13IN4O3. The number of methoxy groups -OCH3 is 1. The first-order valence-corrected chi connectivity index (χ1v) is 7.96. The van der Waals surface area contributed by atoms with Gasteiger partial charge in [0, 0.05) is 8.96 Å². The summed E-state index contributed by atoms with van der Waals surface area (Å²) in [7, 11) is 1.20. The Morgan fingerprint density at radius 1 is 1.25 bits per heavy atom. The maximum absolute atomic E-state index is 12.9. The first-order chi connectivity index (χ1) is 11.4. The molecule has 3 aromatic rings. The second kappa shape index (κ2) is 6.11. The Bertz CT molecular complexity index is 1010. The third-order valence-electron chi connectivity index (χ3n) is 3.60. The molecule has 2 heterocycles. The van der Waals surface area contributed by atoms with E-state index in [9.17, 15) is 9.59 Å². The molecule has 0 amide bonds. The Morgan fingerprint density at radius 3 is 2.62 bits per heavy atom. The maximum Gasteiger partial charge on any atom is 0.345 e. The Morgan fingerprint density at radius 2 is 2.00 bits per heavy atom. The second-order valence-electron chi connectivity index (χ2n) is 5.02. The molecule has 122 valence electrons. The number of anilines is 2. The fraction of sp³-hybridized carbons (Fsp3) is 0.0625. The van der Waals surface area contributed by atoms with Gasteiger partial charge in [0.1, 0.15) is 11.4 Å². The normalized spacial score (nSPS) is 10.8. The number of benzene rings is 1. The largest absolute Gasteiger partial charge is 0.465 e. The molecule has 0 bridgehead atoms. The van der Waals surface area contributed by atoms with Gasteiger partial charge in [-0.2, -0.15) is 0 Å². The van der Waals surface area contributed by atoms with Crippen LogP contribution in [0.25, 0.3) is 16.6 Å². The van der Waals surface area contributed by atoms with Gasteiger partial charge in [-0.05, 0) is 52.9 Å². The van der Waals surface area contributed by atoms with Gasteiger partial charge in [0.2, 0.25) is 0 Å². The Balaban J connectivity index is 2.50. The number of carbonyl (C=O) groups excluding carboxylic acids is 1. The molecule has 0 atom stereocenters. The van der Waals surface area contributed by atoms with Crippen molar-refractivity contribution in [3.8, 4) is 5.69 Å². The van der Waals surface area contributed by atoms with Crippen molar-refractivity contribution in [2.75, 3.05) is 18.6 Å². The van der Waals surface area contributed by atoms with Gasteiger partial charge in [-0.15, -0.1) is 0 Å². The molecular weight excluding hydrogens is 423 g/mol. The van der Waals surface area contributed by atoms with Gasteiger partial charge in [-0.1, -0.05) is 0 Å². The number of carbonyl (C=O) groups is 1. The molecule has 3 rings (SSSR count). The minimum Gasteiger partial charge on any atom is -0.465 e. The first kappa shape index (κ1) is 16.2. The molecule has 0 aliphatic carbocycles. The zero-order valence-electron chi connectivity index (χ0n) is 12.6. The highest BCUT2D eigenvalue weighted by Crippen LogP contribution is 2.26. The van der Waals surface area contributed by atoms with E-state index in [4.69, 9.17) is 16.2 Å². The third kappa shape index (κ3) is 2.58. The van der Waals surface area contributed by atoms with Gasteiger partial charge >= 0.3 is 5.97 Å². The fourth-order valence-electron chi connectivity index (χ4n) is 2.47. The van der Waals surface area contributed by atoms with Crippen molar-refractivity contribution in [1.29, 1.82) is 0 Å². The lowest BCUT2D eigenvalue weighted by molar-refractivity contribution is 0.0600. The van der Waals surface area contributed by atoms with Gasteiger partial charge in [-0.3, -0.25) is 9.36 Å². The van der Waals surface area contributed by atoms with Crippen LogP contribution in [0.15, 0.2) is 41.3 Å². The molecule has 24 heavy (non-hydrogen) atoms. The number of hydrogen-bond acceptors (Lipinski definition) is 6. The lowest BCUT2D eigenvalue weighted by Crippen LogP contribution is -2.28. The van der Waals surface area contributed by atoms with Crippen molar-refractivity contribution in [2.24, 2.45) is 0 Å². The first-order valence-electron chi connectivity index (χ1n) is 6.88. The minimum absolute atomic E-state index is 0.0953. The Labute approximate surface area is 150 Å². The summed E-state index contributed by atoms with van der Waals surface area (Å²) in [4.78, 5) is 29.0. The van der Waals surface area contributed by atoms with Crippen molar-refractivity contribution in [1.82, 2.24) is 9.55 Å². The summed E-state index contributed by atoms with van der Waals surface area (Å²) in [6.45, 7) is 0.